The fourth-order valence-corrected chi connectivity index (χ4v) is 1.69. The van der Waals surface area contributed by atoms with E-state index in [1.165, 1.54) is 24.5 Å². The molecule has 3 aromatic rings. The van der Waals surface area contributed by atoms with Crippen LogP contribution in [0.5, 0.6) is 5.75 Å². The van der Waals surface area contributed by atoms with E-state index in [1.807, 2.05) is 0 Å². The zero-order valence-electron chi connectivity index (χ0n) is 8.68. The van der Waals surface area contributed by atoms with Crippen LogP contribution in [0.2, 0.25) is 0 Å². The number of imidazole rings is 1. The minimum atomic E-state index is -0.179. The van der Waals surface area contributed by atoms with Crippen LogP contribution in [0, 0.1) is 0 Å². The fraction of sp³-hybridized carbons (Fsp3) is 0. The number of fused-ring (bicyclic) bond motifs is 1. The number of benzene rings is 1. The van der Waals surface area contributed by atoms with Crippen molar-refractivity contribution < 1.29 is 9.52 Å². The van der Waals surface area contributed by atoms with Crippen LogP contribution in [-0.4, -0.2) is 15.1 Å². The van der Waals surface area contributed by atoms with Crippen LogP contribution in [0.1, 0.15) is 0 Å². The number of aromatic nitrogens is 2. The highest BCUT2D eigenvalue weighted by molar-refractivity contribution is 5.81. The van der Waals surface area contributed by atoms with Crippen molar-refractivity contribution in [1.29, 1.82) is 0 Å². The zero-order valence-corrected chi connectivity index (χ0v) is 8.68. The standard InChI is InChI=1S/C12H8N2O3/c15-7-1-2-8-10(5-7)17-6-9(11(8)16)12-13-3-4-14-12/h1-6,15H,(H,13,14). The van der Waals surface area contributed by atoms with E-state index in [1.54, 1.807) is 12.4 Å². The van der Waals surface area contributed by atoms with Crippen LogP contribution >= 0.6 is 0 Å². The number of H-pyrrole nitrogens is 1. The molecule has 0 aliphatic rings. The second kappa shape index (κ2) is 3.48. The first-order chi connectivity index (χ1) is 8.25. The molecule has 5 nitrogen and oxygen atoms in total. The van der Waals surface area contributed by atoms with Gasteiger partial charge in [-0.3, -0.25) is 4.79 Å². The summed E-state index contributed by atoms with van der Waals surface area (Å²) in [6.45, 7) is 0. The molecule has 0 unspecified atom stereocenters. The Morgan fingerprint density at radius 1 is 1.35 bits per heavy atom. The van der Waals surface area contributed by atoms with Crippen molar-refractivity contribution >= 4 is 11.0 Å². The molecule has 84 valence electrons. The summed E-state index contributed by atoms with van der Waals surface area (Å²) >= 11 is 0. The first-order valence-corrected chi connectivity index (χ1v) is 5.00. The van der Waals surface area contributed by atoms with Crippen LogP contribution < -0.4 is 5.43 Å². The third-order valence-electron chi connectivity index (χ3n) is 2.51. The Hall–Kier alpha value is -2.56. The Bertz CT molecular complexity index is 729. The Balaban J connectivity index is 2.34. The van der Waals surface area contributed by atoms with Crippen molar-refractivity contribution in [3.05, 3.63) is 47.1 Å². The first-order valence-electron chi connectivity index (χ1n) is 5.00. The van der Waals surface area contributed by atoms with Gasteiger partial charge >= 0.3 is 0 Å². The van der Waals surface area contributed by atoms with Crippen molar-refractivity contribution in [3.63, 3.8) is 0 Å². The van der Waals surface area contributed by atoms with Gasteiger partial charge in [-0.2, -0.15) is 0 Å². The van der Waals surface area contributed by atoms with Crippen molar-refractivity contribution in [2.75, 3.05) is 0 Å². The SMILES string of the molecule is O=c1c(-c2ncc[nH]2)coc2cc(O)ccc12. The molecule has 17 heavy (non-hydrogen) atoms. The third kappa shape index (κ3) is 1.48. The summed E-state index contributed by atoms with van der Waals surface area (Å²) in [5.41, 5.74) is 0.541. The summed E-state index contributed by atoms with van der Waals surface area (Å²) < 4.78 is 5.31. The lowest BCUT2D eigenvalue weighted by molar-refractivity contribution is 0.474. The molecular weight excluding hydrogens is 220 g/mol. The number of aromatic hydroxyl groups is 1. The molecule has 1 aromatic carbocycles. The number of hydrogen-bond donors (Lipinski definition) is 2. The van der Waals surface area contributed by atoms with E-state index < -0.39 is 0 Å². The number of nitrogens with one attached hydrogen (secondary N) is 1. The van der Waals surface area contributed by atoms with Gasteiger partial charge in [-0.15, -0.1) is 0 Å². The van der Waals surface area contributed by atoms with Crippen LogP contribution in [0.4, 0.5) is 0 Å². The lowest BCUT2D eigenvalue weighted by Crippen LogP contribution is -2.05. The molecular formula is C12H8N2O3. The number of phenols is 1. The Morgan fingerprint density at radius 3 is 3.00 bits per heavy atom. The van der Waals surface area contributed by atoms with Gasteiger partial charge in [-0.05, 0) is 12.1 Å². The van der Waals surface area contributed by atoms with Gasteiger partial charge in [-0.1, -0.05) is 0 Å². The molecule has 2 heterocycles. The van der Waals surface area contributed by atoms with Gasteiger partial charge in [0.15, 0.2) is 0 Å². The van der Waals surface area contributed by atoms with E-state index in [0.29, 0.717) is 22.4 Å². The molecule has 2 aromatic heterocycles. The number of phenolic OH excluding ortho intramolecular Hbond substituents is 1. The van der Waals surface area contributed by atoms with Crippen molar-refractivity contribution in [1.82, 2.24) is 9.97 Å². The van der Waals surface area contributed by atoms with Crippen LogP contribution in [0.15, 0.2) is 46.1 Å². The van der Waals surface area contributed by atoms with E-state index in [9.17, 15) is 9.90 Å². The molecule has 0 saturated carbocycles. The van der Waals surface area contributed by atoms with Gasteiger partial charge in [0.1, 0.15) is 29.0 Å². The lowest BCUT2D eigenvalue weighted by atomic mass is 10.1. The molecule has 0 radical (unpaired) electrons. The normalized spacial score (nSPS) is 10.8. The van der Waals surface area contributed by atoms with Gasteiger partial charge in [0.2, 0.25) is 5.43 Å². The fourth-order valence-electron chi connectivity index (χ4n) is 1.69. The number of rotatable bonds is 1. The molecule has 0 aliphatic heterocycles. The number of nitrogens with zero attached hydrogens (tertiary/aromatic N) is 1. The van der Waals surface area contributed by atoms with E-state index in [-0.39, 0.29) is 11.2 Å². The van der Waals surface area contributed by atoms with Crippen molar-refractivity contribution in [2.45, 2.75) is 0 Å². The summed E-state index contributed by atoms with van der Waals surface area (Å²) in [5, 5.41) is 9.71. The maximum Gasteiger partial charge on any atom is 0.203 e. The summed E-state index contributed by atoms with van der Waals surface area (Å²) in [4.78, 5) is 19.0. The average molecular weight is 228 g/mol. The van der Waals surface area contributed by atoms with Gasteiger partial charge in [0, 0.05) is 18.5 Å². The summed E-state index contributed by atoms with van der Waals surface area (Å²) in [5.74, 6) is 0.528. The topological polar surface area (TPSA) is 79.1 Å². The quantitative estimate of drug-likeness (QED) is 0.666. The van der Waals surface area contributed by atoms with Gasteiger partial charge < -0.3 is 14.5 Å². The van der Waals surface area contributed by atoms with Gasteiger partial charge in [0.05, 0.1) is 5.39 Å². The summed E-state index contributed by atoms with van der Waals surface area (Å²) in [7, 11) is 0. The molecule has 3 rings (SSSR count). The summed E-state index contributed by atoms with van der Waals surface area (Å²) in [6.07, 6.45) is 4.54. The molecule has 0 spiro atoms. The molecule has 5 heteroatoms. The van der Waals surface area contributed by atoms with Gasteiger partial charge in [-0.25, -0.2) is 4.98 Å². The highest BCUT2D eigenvalue weighted by Gasteiger charge is 2.10. The average Bonchev–Trinajstić information content (AvgIpc) is 2.82. The maximum atomic E-state index is 12.1. The zero-order chi connectivity index (χ0) is 11.8. The monoisotopic (exact) mass is 228 g/mol. The predicted octanol–water partition coefficient (Wildman–Crippen LogP) is 1.89. The van der Waals surface area contributed by atoms with Crippen molar-refractivity contribution in [2.24, 2.45) is 0 Å². The molecule has 0 amide bonds. The molecule has 0 atom stereocenters. The predicted molar refractivity (Wildman–Crippen MR) is 61.7 cm³/mol. The Kier molecular flexibility index (Phi) is 1.98. The minimum Gasteiger partial charge on any atom is -0.508 e. The molecule has 0 bridgehead atoms. The van der Waals surface area contributed by atoms with Crippen LogP contribution in [0.3, 0.4) is 0 Å². The Labute approximate surface area is 95.4 Å². The first kappa shape index (κ1) is 9.65. The maximum absolute atomic E-state index is 12.1. The van der Waals surface area contributed by atoms with Crippen LogP contribution in [0.25, 0.3) is 22.4 Å². The third-order valence-corrected chi connectivity index (χ3v) is 2.51. The lowest BCUT2D eigenvalue weighted by Gasteiger charge is -2.00. The largest absolute Gasteiger partial charge is 0.508 e. The van der Waals surface area contributed by atoms with E-state index in [0.717, 1.165) is 0 Å². The molecule has 2 N–H and O–H groups in total. The minimum absolute atomic E-state index is 0.0615. The Morgan fingerprint density at radius 2 is 2.24 bits per heavy atom. The van der Waals surface area contributed by atoms with Crippen LogP contribution in [-0.2, 0) is 0 Å². The van der Waals surface area contributed by atoms with Crippen molar-refractivity contribution in [3.8, 4) is 17.1 Å². The van der Waals surface area contributed by atoms with E-state index in [4.69, 9.17) is 4.42 Å². The molecule has 0 aliphatic carbocycles. The smallest absolute Gasteiger partial charge is 0.203 e. The summed E-state index contributed by atoms with van der Waals surface area (Å²) in [6, 6.07) is 4.39. The molecule has 0 saturated heterocycles. The van der Waals surface area contributed by atoms with Gasteiger partial charge in [0.25, 0.3) is 0 Å². The second-order valence-corrected chi connectivity index (χ2v) is 3.60. The van der Waals surface area contributed by atoms with E-state index in [2.05, 4.69) is 9.97 Å². The number of aromatic amines is 1. The second-order valence-electron chi connectivity index (χ2n) is 3.60. The number of hydrogen-bond acceptors (Lipinski definition) is 4. The molecule has 0 fully saturated rings. The van der Waals surface area contributed by atoms with E-state index >= 15 is 0 Å². The highest BCUT2D eigenvalue weighted by Crippen LogP contribution is 2.20. The highest BCUT2D eigenvalue weighted by atomic mass is 16.3.